The molecular weight excluding hydrogens is 661 g/mol. The van der Waals surface area contributed by atoms with Gasteiger partial charge in [0, 0.05) is 19.3 Å². The zero-order valence-corrected chi connectivity index (χ0v) is 36.1. The molecule has 0 bridgehead atoms. The highest BCUT2D eigenvalue weighted by molar-refractivity contribution is 5.71. The zero-order chi connectivity index (χ0) is 39.0. The van der Waals surface area contributed by atoms with Crippen LogP contribution in [0.1, 0.15) is 253 Å². The van der Waals surface area contributed by atoms with Crippen LogP contribution in [0.5, 0.6) is 0 Å². The van der Waals surface area contributed by atoms with Gasteiger partial charge in [0.2, 0.25) is 0 Å². The van der Waals surface area contributed by atoms with E-state index in [1.54, 1.807) is 0 Å². The molecule has 0 amide bonds. The van der Waals surface area contributed by atoms with Crippen LogP contribution >= 0.6 is 0 Å². The summed E-state index contributed by atoms with van der Waals surface area (Å²) >= 11 is 0. The highest BCUT2D eigenvalue weighted by Gasteiger charge is 2.19. The molecule has 314 valence electrons. The molecule has 0 unspecified atom stereocenters. The Hall–Kier alpha value is -1.59. The second-order valence-corrected chi connectivity index (χ2v) is 17.0. The van der Waals surface area contributed by atoms with Crippen molar-refractivity contribution >= 4 is 17.9 Å². The fraction of sp³-hybridized carbons (Fsp3) is 0.936. The number of ether oxygens (including phenoxy) is 3. The molecule has 0 N–H and O–H groups in total. The lowest BCUT2D eigenvalue weighted by Crippen LogP contribution is -2.30. The van der Waals surface area contributed by atoms with E-state index in [0.29, 0.717) is 19.3 Å². The lowest BCUT2D eigenvalue weighted by Gasteiger charge is -2.18. The lowest BCUT2D eigenvalue weighted by molar-refractivity contribution is -0.167. The highest BCUT2D eigenvalue weighted by Crippen LogP contribution is 2.16. The molecule has 0 aliphatic carbocycles. The molecule has 6 nitrogen and oxygen atoms in total. The molecule has 0 rings (SSSR count). The Balaban J connectivity index is 4.29. The van der Waals surface area contributed by atoms with Crippen molar-refractivity contribution in [2.75, 3.05) is 13.2 Å². The topological polar surface area (TPSA) is 78.9 Å². The molecule has 0 aromatic carbocycles. The third kappa shape index (κ3) is 41.4. The molecule has 0 aliphatic rings. The fourth-order valence-electron chi connectivity index (χ4n) is 6.93. The molecule has 53 heavy (non-hydrogen) atoms. The molecular formula is C47H90O6. The van der Waals surface area contributed by atoms with Crippen LogP contribution in [0.2, 0.25) is 0 Å². The van der Waals surface area contributed by atoms with Crippen molar-refractivity contribution < 1.29 is 28.6 Å². The Morgan fingerprint density at radius 2 is 0.623 bits per heavy atom. The number of carbonyl (C=O) groups is 3. The Bertz CT molecular complexity index is 809. The lowest BCUT2D eigenvalue weighted by atomic mass is 10.0. The van der Waals surface area contributed by atoms with Crippen LogP contribution in [0, 0.1) is 11.8 Å². The average Bonchev–Trinajstić information content (AvgIpc) is 3.12. The van der Waals surface area contributed by atoms with Gasteiger partial charge in [0.05, 0.1) is 0 Å². The predicted molar refractivity (Wildman–Crippen MR) is 224 cm³/mol. The maximum absolute atomic E-state index is 12.7. The predicted octanol–water partition coefficient (Wildman–Crippen LogP) is 14.6. The van der Waals surface area contributed by atoms with E-state index in [9.17, 15) is 14.4 Å². The third-order valence-corrected chi connectivity index (χ3v) is 10.5. The number of carbonyl (C=O) groups excluding carboxylic acids is 3. The first-order chi connectivity index (χ1) is 25.7. The minimum Gasteiger partial charge on any atom is -0.462 e. The molecule has 0 saturated heterocycles. The summed E-state index contributed by atoms with van der Waals surface area (Å²) in [6, 6.07) is 0. The molecule has 0 spiro atoms. The normalized spacial score (nSPS) is 12.1. The fourth-order valence-corrected chi connectivity index (χ4v) is 6.93. The minimum atomic E-state index is -0.761. The second kappa shape index (κ2) is 40.1. The zero-order valence-electron chi connectivity index (χ0n) is 36.1. The van der Waals surface area contributed by atoms with Gasteiger partial charge < -0.3 is 14.2 Å². The Morgan fingerprint density at radius 1 is 0.358 bits per heavy atom. The Kier molecular flexibility index (Phi) is 38.9. The van der Waals surface area contributed by atoms with Gasteiger partial charge in [-0.05, 0) is 31.1 Å². The van der Waals surface area contributed by atoms with E-state index < -0.39 is 6.10 Å². The largest absolute Gasteiger partial charge is 0.462 e. The van der Waals surface area contributed by atoms with E-state index in [0.717, 1.165) is 69.6 Å². The van der Waals surface area contributed by atoms with E-state index in [4.69, 9.17) is 14.2 Å². The van der Waals surface area contributed by atoms with E-state index in [1.165, 1.54) is 141 Å². The summed E-state index contributed by atoms with van der Waals surface area (Å²) in [5.41, 5.74) is 0. The van der Waals surface area contributed by atoms with Crippen LogP contribution in [0.15, 0.2) is 0 Å². The van der Waals surface area contributed by atoms with Crippen molar-refractivity contribution in [3.63, 3.8) is 0 Å². The average molecular weight is 751 g/mol. The van der Waals surface area contributed by atoms with Crippen molar-refractivity contribution in [1.82, 2.24) is 0 Å². The quantitative estimate of drug-likeness (QED) is 0.0352. The van der Waals surface area contributed by atoms with Gasteiger partial charge in [0.25, 0.3) is 0 Å². The van der Waals surface area contributed by atoms with Gasteiger partial charge in [0.15, 0.2) is 6.10 Å². The van der Waals surface area contributed by atoms with Crippen molar-refractivity contribution in [2.24, 2.45) is 11.8 Å². The molecule has 6 heteroatoms. The monoisotopic (exact) mass is 751 g/mol. The van der Waals surface area contributed by atoms with Crippen LogP contribution in [0.25, 0.3) is 0 Å². The van der Waals surface area contributed by atoms with Crippen LogP contribution in [-0.4, -0.2) is 37.2 Å². The van der Waals surface area contributed by atoms with Crippen molar-refractivity contribution in [1.29, 1.82) is 0 Å². The molecule has 0 heterocycles. The summed E-state index contributed by atoms with van der Waals surface area (Å²) in [4.78, 5) is 37.7. The van der Waals surface area contributed by atoms with Crippen molar-refractivity contribution in [3.8, 4) is 0 Å². The third-order valence-electron chi connectivity index (χ3n) is 10.5. The number of rotatable bonds is 41. The molecule has 0 saturated carbocycles. The van der Waals surface area contributed by atoms with Crippen molar-refractivity contribution in [2.45, 2.75) is 259 Å². The van der Waals surface area contributed by atoms with Crippen LogP contribution in [0.3, 0.4) is 0 Å². The van der Waals surface area contributed by atoms with Crippen LogP contribution in [-0.2, 0) is 28.6 Å². The maximum atomic E-state index is 12.7. The van der Waals surface area contributed by atoms with E-state index in [-0.39, 0.29) is 31.1 Å². The summed E-state index contributed by atoms with van der Waals surface area (Å²) in [5.74, 6) is 0.694. The first kappa shape index (κ1) is 51.4. The standard InChI is InChI=1S/C47H90O6/c1-6-7-8-9-10-11-12-13-14-15-16-17-21-27-32-37-45(48)51-40-44(41-52-46(49)38-33-28-24-23-26-31-36-43(4)5)53-47(50)39-34-29-22-19-18-20-25-30-35-42(2)3/h42-44H,6-41H2,1-5H3/t44-/m1/s1. The summed E-state index contributed by atoms with van der Waals surface area (Å²) in [5, 5.41) is 0. The number of unbranched alkanes of at least 4 members (excludes halogenated alkanes) is 26. The van der Waals surface area contributed by atoms with Crippen LogP contribution < -0.4 is 0 Å². The first-order valence-corrected chi connectivity index (χ1v) is 23.2. The van der Waals surface area contributed by atoms with Gasteiger partial charge in [-0.15, -0.1) is 0 Å². The number of hydrogen-bond donors (Lipinski definition) is 0. The minimum absolute atomic E-state index is 0.0657. The second-order valence-electron chi connectivity index (χ2n) is 17.0. The number of hydrogen-bond acceptors (Lipinski definition) is 6. The SMILES string of the molecule is CCCCCCCCCCCCCCCCCC(=O)OC[C@H](COC(=O)CCCCCCCCC(C)C)OC(=O)CCCCCCCCCCC(C)C. The smallest absolute Gasteiger partial charge is 0.306 e. The van der Waals surface area contributed by atoms with Gasteiger partial charge in [0.1, 0.15) is 13.2 Å². The number of esters is 3. The Morgan fingerprint density at radius 3 is 0.925 bits per heavy atom. The maximum Gasteiger partial charge on any atom is 0.306 e. The molecule has 0 aliphatic heterocycles. The van der Waals surface area contributed by atoms with Crippen LogP contribution in [0.4, 0.5) is 0 Å². The molecule has 0 aromatic heterocycles. The van der Waals surface area contributed by atoms with Gasteiger partial charge in [-0.2, -0.15) is 0 Å². The van der Waals surface area contributed by atoms with E-state index in [2.05, 4.69) is 34.6 Å². The van der Waals surface area contributed by atoms with E-state index >= 15 is 0 Å². The molecule has 0 aromatic rings. The summed E-state index contributed by atoms with van der Waals surface area (Å²) in [6.45, 7) is 11.2. The van der Waals surface area contributed by atoms with Crippen molar-refractivity contribution in [3.05, 3.63) is 0 Å². The van der Waals surface area contributed by atoms with Gasteiger partial charge in [-0.3, -0.25) is 14.4 Å². The summed E-state index contributed by atoms with van der Waals surface area (Å²) in [7, 11) is 0. The van der Waals surface area contributed by atoms with Gasteiger partial charge >= 0.3 is 17.9 Å². The molecule has 0 fully saturated rings. The highest BCUT2D eigenvalue weighted by atomic mass is 16.6. The van der Waals surface area contributed by atoms with E-state index in [1.807, 2.05) is 0 Å². The van der Waals surface area contributed by atoms with Gasteiger partial charge in [-0.1, -0.05) is 214 Å². The molecule has 0 radical (unpaired) electrons. The summed E-state index contributed by atoms with van der Waals surface area (Å²) < 4.78 is 16.7. The van der Waals surface area contributed by atoms with Gasteiger partial charge in [-0.25, -0.2) is 0 Å². The first-order valence-electron chi connectivity index (χ1n) is 23.2. The molecule has 1 atom stereocenters. The summed E-state index contributed by atoms with van der Waals surface area (Å²) in [6.07, 6.45) is 38.2. The Labute approximate surface area is 329 Å².